The summed E-state index contributed by atoms with van der Waals surface area (Å²) in [4.78, 5) is 0.146. The molecule has 0 aromatic heterocycles. The van der Waals surface area contributed by atoms with Gasteiger partial charge in [-0.05, 0) is 29.7 Å². The van der Waals surface area contributed by atoms with Crippen molar-refractivity contribution in [3.05, 3.63) is 53.6 Å². The molecule has 2 aromatic rings. The van der Waals surface area contributed by atoms with E-state index in [1.165, 1.54) is 36.4 Å². The summed E-state index contributed by atoms with van der Waals surface area (Å²) >= 11 is 0. The molecule has 0 fully saturated rings. The Morgan fingerprint density at radius 3 is 2.05 bits per heavy atom. The van der Waals surface area contributed by atoms with Crippen LogP contribution in [0.15, 0.2) is 41.3 Å². The molecule has 2 nitrogen and oxygen atoms in total. The molecule has 0 aliphatic heterocycles. The molecule has 0 radical (unpaired) electrons. The Bertz CT molecular complexity index is 735. The van der Waals surface area contributed by atoms with Gasteiger partial charge in [-0.25, -0.2) is 17.2 Å². The van der Waals surface area contributed by atoms with Crippen molar-refractivity contribution >= 4 is 9.84 Å². The Morgan fingerprint density at radius 1 is 0.950 bits per heavy atom. The summed E-state index contributed by atoms with van der Waals surface area (Å²) in [5.41, 5.74) is 0.884. The first-order valence-corrected chi connectivity index (χ1v) is 8.01. The topological polar surface area (TPSA) is 34.1 Å². The molecule has 2 rings (SSSR count). The fourth-order valence-electron chi connectivity index (χ4n) is 1.97. The van der Waals surface area contributed by atoms with Crippen LogP contribution in [0.25, 0.3) is 11.1 Å². The Balaban J connectivity index is 2.50. The number of hydrogen-bond donors (Lipinski definition) is 0. The smallest absolute Gasteiger partial charge is 0.175 e. The van der Waals surface area contributed by atoms with E-state index in [-0.39, 0.29) is 10.5 Å². The molecule has 106 valence electrons. The zero-order valence-electron chi connectivity index (χ0n) is 11.2. The summed E-state index contributed by atoms with van der Waals surface area (Å²) in [6.07, 6.45) is 1.51. The maximum absolute atomic E-state index is 14.0. The summed E-state index contributed by atoms with van der Waals surface area (Å²) < 4.78 is 50.4. The lowest BCUT2D eigenvalue weighted by Gasteiger charge is -2.08. The van der Waals surface area contributed by atoms with Crippen LogP contribution in [0.5, 0.6) is 0 Å². The monoisotopic (exact) mass is 296 g/mol. The van der Waals surface area contributed by atoms with Crippen LogP contribution in [-0.2, 0) is 16.3 Å². The van der Waals surface area contributed by atoms with Crippen LogP contribution in [0.4, 0.5) is 8.78 Å². The van der Waals surface area contributed by atoms with Crippen molar-refractivity contribution in [2.45, 2.75) is 18.2 Å². The van der Waals surface area contributed by atoms with Crippen molar-refractivity contribution in [2.24, 2.45) is 0 Å². The van der Waals surface area contributed by atoms with Crippen molar-refractivity contribution < 1.29 is 17.2 Å². The molecule has 0 spiro atoms. The summed E-state index contributed by atoms with van der Waals surface area (Å²) in [6.45, 7) is 1.75. The van der Waals surface area contributed by atoms with E-state index in [9.17, 15) is 17.2 Å². The molecule has 0 saturated carbocycles. The molecule has 0 aliphatic rings. The molecule has 0 unspecified atom stereocenters. The predicted octanol–water partition coefficient (Wildman–Crippen LogP) is 3.60. The van der Waals surface area contributed by atoms with Crippen molar-refractivity contribution in [2.75, 3.05) is 6.26 Å². The fraction of sp³-hybridized carbons (Fsp3) is 0.200. The van der Waals surface area contributed by atoms with Gasteiger partial charge in [0.25, 0.3) is 0 Å². The lowest BCUT2D eigenvalue weighted by atomic mass is 10.0. The number of aryl methyl sites for hydroxylation is 1. The third kappa shape index (κ3) is 2.72. The second-order valence-electron chi connectivity index (χ2n) is 4.55. The SMILES string of the molecule is CCc1ccc(-c2ccc(S(C)(=O)=O)cc2)c(F)c1F. The minimum atomic E-state index is -3.30. The van der Waals surface area contributed by atoms with E-state index in [1.54, 1.807) is 6.92 Å². The highest BCUT2D eigenvalue weighted by molar-refractivity contribution is 7.90. The van der Waals surface area contributed by atoms with Crippen LogP contribution >= 0.6 is 0 Å². The van der Waals surface area contributed by atoms with E-state index in [4.69, 9.17) is 0 Å². The van der Waals surface area contributed by atoms with E-state index in [0.717, 1.165) is 6.26 Å². The van der Waals surface area contributed by atoms with Crippen molar-refractivity contribution in [3.63, 3.8) is 0 Å². The third-order valence-corrected chi connectivity index (χ3v) is 4.27. The Kier molecular flexibility index (Phi) is 3.90. The van der Waals surface area contributed by atoms with Gasteiger partial charge >= 0.3 is 0 Å². The summed E-state index contributed by atoms with van der Waals surface area (Å²) in [5.74, 6) is -1.76. The Labute approximate surface area is 117 Å². The highest BCUT2D eigenvalue weighted by Gasteiger charge is 2.14. The minimum Gasteiger partial charge on any atom is -0.224 e. The standard InChI is InChI=1S/C15H14F2O2S/c1-3-10-6-9-13(15(17)14(10)16)11-4-7-12(8-5-11)20(2,18)19/h4-9H,3H2,1-2H3. The zero-order chi connectivity index (χ0) is 14.9. The van der Waals surface area contributed by atoms with E-state index in [2.05, 4.69) is 0 Å². The molecule has 0 saturated heterocycles. The molecule has 5 heteroatoms. The van der Waals surface area contributed by atoms with E-state index >= 15 is 0 Å². The molecule has 20 heavy (non-hydrogen) atoms. The van der Waals surface area contributed by atoms with E-state index < -0.39 is 21.5 Å². The lowest BCUT2D eigenvalue weighted by molar-refractivity contribution is 0.502. The van der Waals surface area contributed by atoms with Gasteiger partial charge in [0.1, 0.15) is 0 Å². The molecule has 0 heterocycles. The quantitative estimate of drug-likeness (QED) is 0.867. The van der Waals surface area contributed by atoms with Gasteiger partial charge in [0.05, 0.1) is 4.90 Å². The van der Waals surface area contributed by atoms with Crippen LogP contribution in [-0.4, -0.2) is 14.7 Å². The average molecular weight is 296 g/mol. The van der Waals surface area contributed by atoms with Gasteiger partial charge in [-0.15, -0.1) is 0 Å². The van der Waals surface area contributed by atoms with Crippen LogP contribution in [0, 0.1) is 11.6 Å². The van der Waals surface area contributed by atoms with Gasteiger partial charge in [-0.3, -0.25) is 0 Å². The molecule has 2 aromatic carbocycles. The van der Waals surface area contributed by atoms with Gasteiger partial charge in [0, 0.05) is 11.8 Å². The van der Waals surface area contributed by atoms with Crippen molar-refractivity contribution in [3.8, 4) is 11.1 Å². The van der Waals surface area contributed by atoms with Gasteiger partial charge in [0.15, 0.2) is 21.5 Å². The molecular formula is C15H14F2O2S. The van der Waals surface area contributed by atoms with Gasteiger partial charge in [-0.2, -0.15) is 0 Å². The summed E-state index contributed by atoms with van der Waals surface area (Å²) in [5, 5.41) is 0. The van der Waals surface area contributed by atoms with Gasteiger partial charge < -0.3 is 0 Å². The zero-order valence-corrected chi connectivity index (χ0v) is 12.0. The van der Waals surface area contributed by atoms with Gasteiger partial charge in [0.2, 0.25) is 0 Å². The second-order valence-corrected chi connectivity index (χ2v) is 6.57. The largest absolute Gasteiger partial charge is 0.224 e. The van der Waals surface area contributed by atoms with Crippen LogP contribution in [0.3, 0.4) is 0 Å². The Morgan fingerprint density at radius 2 is 1.55 bits per heavy atom. The second kappa shape index (κ2) is 5.32. The first-order valence-electron chi connectivity index (χ1n) is 6.12. The number of rotatable bonds is 3. The Hall–Kier alpha value is -1.75. The average Bonchev–Trinajstić information content (AvgIpc) is 2.41. The summed E-state index contributed by atoms with van der Waals surface area (Å²) in [7, 11) is -3.30. The van der Waals surface area contributed by atoms with Crippen molar-refractivity contribution in [1.82, 2.24) is 0 Å². The van der Waals surface area contributed by atoms with Crippen LogP contribution in [0.2, 0.25) is 0 Å². The molecular weight excluding hydrogens is 282 g/mol. The molecule has 0 aliphatic carbocycles. The highest BCUT2D eigenvalue weighted by atomic mass is 32.2. The molecule has 0 bridgehead atoms. The first-order chi connectivity index (χ1) is 9.34. The lowest BCUT2D eigenvalue weighted by Crippen LogP contribution is -1.98. The number of halogens is 2. The molecule has 0 atom stereocenters. The highest BCUT2D eigenvalue weighted by Crippen LogP contribution is 2.27. The number of sulfone groups is 1. The molecule has 0 N–H and O–H groups in total. The summed E-state index contributed by atoms with van der Waals surface area (Å²) in [6, 6.07) is 8.76. The molecule has 0 amide bonds. The minimum absolute atomic E-state index is 0.125. The normalized spacial score (nSPS) is 11.6. The number of benzene rings is 2. The van der Waals surface area contributed by atoms with Crippen molar-refractivity contribution in [1.29, 1.82) is 0 Å². The maximum Gasteiger partial charge on any atom is 0.175 e. The van der Waals surface area contributed by atoms with E-state index in [1.807, 2.05) is 0 Å². The van der Waals surface area contributed by atoms with Gasteiger partial charge in [-0.1, -0.05) is 31.2 Å². The first kappa shape index (κ1) is 14.7. The fourth-order valence-corrected chi connectivity index (χ4v) is 2.60. The van der Waals surface area contributed by atoms with E-state index in [0.29, 0.717) is 17.5 Å². The number of hydrogen-bond acceptors (Lipinski definition) is 2. The predicted molar refractivity (Wildman–Crippen MR) is 74.3 cm³/mol. The van der Waals surface area contributed by atoms with Crippen LogP contribution in [0.1, 0.15) is 12.5 Å². The third-order valence-electron chi connectivity index (χ3n) is 3.14. The maximum atomic E-state index is 14.0. The van der Waals surface area contributed by atoms with Crippen LogP contribution < -0.4 is 0 Å².